The number of carbonyl (C=O) groups is 1. The molecule has 1 aliphatic heterocycles. The number of aryl methyl sites for hydroxylation is 1. The highest BCUT2D eigenvalue weighted by atomic mass is 35.5. The number of anilines is 2. The number of morpholine rings is 1. The van der Waals surface area contributed by atoms with E-state index in [2.05, 4.69) is 20.3 Å². The topological polar surface area (TPSA) is 124 Å². The SMILES string of the molecule is Nc1nc(CCCNc2nc(-c3ccc(Cl)cc3Cl)cc3nc(CN4CCOCC4)nn23)ccc1C(=O)C(F)(F)F. The van der Waals surface area contributed by atoms with Gasteiger partial charge in [-0.15, -0.1) is 5.10 Å². The van der Waals surface area contributed by atoms with Crippen molar-refractivity contribution in [2.75, 3.05) is 43.9 Å². The van der Waals surface area contributed by atoms with Crippen molar-refractivity contribution in [1.82, 2.24) is 29.5 Å². The summed E-state index contributed by atoms with van der Waals surface area (Å²) in [6.45, 7) is 3.86. The van der Waals surface area contributed by atoms with Crippen LogP contribution in [-0.4, -0.2) is 74.3 Å². The molecule has 4 heterocycles. The molecule has 0 aliphatic carbocycles. The van der Waals surface area contributed by atoms with Crippen LogP contribution in [0.25, 0.3) is 16.9 Å². The minimum atomic E-state index is -5.02. The number of aromatic nitrogens is 5. The lowest BCUT2D eigenvalue weighted by Crippen LogP contribution is -2.35. The minimum absolute atomic E-state index is 0.392. The summed E-state index contributed by atoms with van der Waals surface area (Å²) in [6, 6.07) is 9.36. The van der Waals surface area contributed by atoms with Gasteiger partial charge >= 0.3 is 6.18 Å². The molecule has 15 heteroatoms. The first-order valence-corrected chi connectivity index (χ1v) is 13.5. The number of ether oxygens (including phenoxy) is 1. The number of halogens is 5. The second-order valence-corrected chi connectivity index (χ2v) is 10.2. The van der Waals surface area contributed by atoms with Crippen LogP contribution in [0, 0.1) is 0 Å². The molecule has 41 heavy (non-hydrogen) atoms. The number of nitrogens with one attached hydrogen (secondary N) is 1. The molecule has 10 nitrogen and oxygen atoms in total. The first kappa shape index (κ1) is 29.0. The maximum absolute atomic E-state index is 12.8. The molecule has 0 saturated carbocycles. The van der Waals surface area contributed by atoms with Gasteiger partial charge in [0.1, 0.15) is 5.82 Å². The predicted molar refractivity (Wildman–Crippen MR) is 148 cm³/mol. The lowest BCUT2D eigenvalue weighted by molar-refractivity contribution is -0.0884. The number of Topliss-reactive ketones (excluding diaryl/α,β-unsaturated/α-hetero) is 1. The van der Waals surface area contributed by atoms with Crippen molar-refractivity contribution in [2.24, 2.45) is 0 Å². The van der Waals surface area contributed by atoms with Gasteiger partial charge in [-0.05, 0) is 43.2 Å². The molecule has 0 spiro atoms. The number of carbonyl (C=O) groups excluding carboxylic acids is 1. The van der Waals surface area contributed by atoms with E-state index >= 15 is 0 Å². The van der Waals surface area contributed by atoms with Crippen LogP contribution in [0.4, 0.5) is 24.9 Å². The summed E-state index contributed by atoms with van der Waals surface area (Å²) in [4.78, 5) is 27.2. The van der Waals surface area contributed by atoms with Crippen molar-refractivity contribution in [1.29, 1.82) is 0 Å². The Morgan fingerprint density at radius 2 is 1.85 bits per heavy atom. The highest BCUT2D eigenvalue weighted by Crippen LogP contribution is 2.31. The van der Waals surface area contributed by atoms with Gasteiger partial charge in [-0.1, -0.05) is 23.2 Å². The third-order valence-corrected chi connectivity index (χ3v) is 6.97. The summed E-state index contributed by atoms with van der Waals surface area (Å²) in [5.74, 6) is -1.41. The van der Waals surface area contributed by atoms with Gasteiger partial charge in [0.2, 0.25) is 5.95 Å². The lowest BCUT2D eigenvalue weighted by Gasteiger charge is -2.25. The van der Waals surface area contributed by atoms with Crippen molar-refractivity contribution < 1.29 is 22.7 Å². The van der Waals surface area contributed by atoms with Gasteiger partial charge in [0, 0.05) is 42.0 Å². The van der Waals surface area contributed by atoms with Gasteiger partial charge < -0.3 is 15.8 Å². The van der Waals surface area contributed by atoms with Crippen molar-refractivity contribution in [3.8, 4) is 11.3 Å². The molecule has 0 amide bonds. The van der Waals surface area contributed by atoms with E-state index in [1.807, 2.05) is 0 Å². The number of hydrogen-bond acceptors (Lipinski definition) is 9. The number of fused-ring (bicyclic) bond motifs is 1. The Kier molecular flexibility index (Phi) is 8.59. The van der Waals surface area contributed by atoms with Crippen LogP contribution in [0.15, 0.2) is 36.4 Å². The standard InChI is InChI=1S/C26H25Cl2F3N8O2/c27-15-3-5-17(19(28)12-15)20-13-22-36-21(14-38-8-10-41-11-9-38)37-39(22)25(35-20)33-7-1-2-16-4-6-18(24(32)34-16)23(40)26(29,30)31/h3-6,12-13H,1-2,7-11,14H2,(H2,32,34)(H,33,35). The fraction of sp³-hybridized carbons (Fsp3) is 0.346. The minimum Gasteiger partial charge on any atom is -0.383 e. The van der Waals surface area contributed by atoms with Crippen LogP contribution in [-0.2, 0) is 17.7 Å². The van der Waals surface area contributed by atoms with Crippen LogP contribution in [0.5, 0.6) is 0 Å². The molecular formula is C26H25Cl2F3N8O2. The normalized spacial score (nSPS) is 14.5. The number of nitrogen functional groups attached to an aromatic ring is 1. The van der Waals surface area contributed by atoms with E-state index in [1.165, 1.54) is 6.07 Å². The summed E-state index contributed by atoms with van der Waals surface area (Å²) in [7, 11) is 0. The van der Waals surface area contributed by atoms with Crippen molar-refractivity contribution in [2.45, 2.75) is 25.6 Å². The van der Waals surface area contributed by atoms with Gasteiger partial charge in [-0.25, -0.2) is 15.0 Å². The first-order chi connectivity index (χ1) is 19.6. The number of alkyl halides is 3. The van der Waals surface area contributed by atoms with Gasteiger partial charge in [-0.3, -0.25) is 9.69 Å². The van der Waals surface area contributed by atoms with E-state index in [-0.39, 0.29) is 0 Å². The van der Waals surface area contributed by atoms with Gasteiger partial charge in [0.15, 0.2) is 11.5 Å². The Labute approximate surface area is 242 Å². The van der Waals surface area contributed by atoms with Gasteiger partial charge in [0.25, 0.3) is 5.78 Å². The summed E-state index contributed by atoms with van der Waals surface area (Å²) >= 11 is 12.5. The third-order valence-electron chi connectivity index (χ3n) is 6.42. The average molecular weight is 609 g/mol. The molecule has 1 saturated heterocycles. The van der Waals surface area contributed by atoms with E-state index in [1.54, 1.807) is 28.8 Å². The monoisotopic (exact) mass is 608 g/mol. The zero-order valence-corrected chi connectivity index (χ0v) is 23.1. The summed E-state index contributed by atoms with van der Waals surface area (Å²) in [6.07, 6.45) is -4.10. The van der Waals surface area contributed by atoms with Crippen LogP contribution < -0.4 is 11.1 Å². The number of benzene rings is 1. The van der Waals surface area contributed by atoms with E-state index < -0.39 is 23.3 Å². The maximum atomic E-state index is 12.8. The van der Waals surface area contributed by atoms with Crippen molar-refractivity contribution in [3.63, 3.8) is 0 Å². The second kappa shape index (κ2) is 12.1. The van der Waals surface area contributed by atoms with Crippen LogP contribution >= 0.6 is 23.2 Å². The molecule has 1 aromatic carbocycles. The quantitative estimate of drug-likeness (QED) is 0.205. The van der Waals surface area contributed by atoms with Crippen LogP contribution in [0.1, 0.15) is 28.3 Å². The average Bonchev–Trinajstić information content (AvgIpc) is 3.33. The molecule has 216 valence electrons. The van der Waals surface area contributed by atoms with Crippen LogP contribution in [0.3, 0.4) is 0 Å². The lowest BCUT2D eigenvalue weighted by atomic mass is 10.1. The van der Waals surface area contributed by atoms with E-state index in [9.17, 15) is 18.0 Å². The molecule has 4 aromatic rings. The molecule has 5 rings (SSSR count). The molecule has 0 radical (unpaired) electrons. The smallest absolute Gasteiger partial charge is 0.383 e. The Morgan fingerprint density at radius 3 is 2.56 bits per heavy atom. The Balaban J connectivity index is 1.34. The zero-order valence-electron chi connectivity index (χ0n) is 21.6. The number of rotatable bonds is 9. The first-order valence-electron chi connectivity index (χ1n) is 12.7. The molecule has 3 N–H and O–H groups in total. The highest BCUT2D eigenvalue weighted by Gasteiger charge is 2.40. The van der Waals surface area contributed by atoms with E-state index in [0.29, 0.717) is 83.6 Å². The number of ketones is 1. The van der Waals surface area contributed by atoms with Crippen molar-refractivity contribution >= 4 is 46.4 Å². The molecule has 0 bridgehead atoms. The van der Waals surface area contributed by atoms with E-state index in [0.717, 1.165) is 19.2 Å². The van der Waals surface area contributed by atoms with Crippen molar-refractivity contribution in [3.05, 3.63) is 63.5 Å². The molecule has 0 atom stereocenters. The molecule has 0 unspecified atom stereocenters. The largest absolute Gasteiger partial charge is 0.455 e. The zero-order chi connectivity index (χ0) is 29.1. The fourth-order valence-corrected chi connectivity index (χ4v) is 4.89. The van der Waals surface area contributed by atoms with Crippen LogP contribution in [0.2, 0.25) is 10.0 Å². The molecule has 1 fully saturated rings. The molecule has 1 aliphatic rings. The number of nitrogens with zero attached hydrogens (tertiary/aromatic N) is 6. The van der Waals surface area contributed by atoms with Gasteiger partial charge in [0.05, 0.1) is 36.0 Å². The maximum Gasteiger partial charge on any atom is 0.455 e. The highest BCUT2D eigenvalue weighted by molar-refractivity contribution is 6.36. The second-order valence-electron chi connectivity index (χ2n) is 9.37. The Hall–Kier alpha value is -3.52. The predicted octanol–water partition coefficient (Wildman–Crippen LogP) is 4.70. The summed E-state index contributed by atoms with van der Waals surface area (Å²) < 4.78 is 45.3. The number of hydrogen-bond donors (Lipinski definition) is 2. The molecular weight excluding hydrogens is 584 g/mol. The Morgan fingerprint density at radius 1 is 1.07 bits per heavy atom. The third kappa shape index (κ3) is 6.87. The summed E-state index contributed by atoms with van der Waals surface area (Å²) in [5, 5.41) is 8.86. The number of pyridine rings is 1. The number of nitrogens with two attached hydrogens (primary N) is 1. The summed E-state index contributed by atoms with van der Waals surface area (Å²) in [5.41, 5.74) is 7.25. The van der Waals surface area contributed by atoms with E-state index in [4.69, 9.17) is 43.6 Å². The van der Waals surface area contributed by atoms with Gasteiger partial charge in [-0.2, -0.15) is 17.7 Å². The fourth-order valence-electron chi connectivity index (χ4n) is 4.38. The Bertz CT molecular complexity index is 1570. The molecule has 3 aromatic heterocycles.